The van der Waals surface area contributed by atoms with E-state index in [0.29, 0.717) is 21.3 Å². The van der Waals surface area contributed by atoms with E-state index < -0.39 is 28.5 Å². The average Bonchev–Trinajstić information content (AvgIpc) is 2.89. The zero-order valence-corrected chi connectivity index (χ0v) is 27.1. The molecule has 4 aliphatic carbocycles. The van der Waals surface area contributed by atoms with Crippen molar-refractivity contribution < 1.29 is 18.0 Å². The highest BCUT2D eigenvalue weighted by Crippen LogP contribution is 2.60. The number of amides is 2. The monoisotopic (exact) mass is 633 g/mol. The summed E-state index contributed by atoms with van der Waals surface area (Å²) in [6.45, 7) is 4.77. The van der Waals surface area contributed by atoms with Gasteiger partial charge in [0.15, 0.2) is 0 Å². The van der Waals surface area contributed by atoms with Gasteiger partial charge in [0, 0.05) is 28.2 Å². The number of anilines is 1. The van der Waals surface area contributed by atoms with E-state index in [9.17, 15) is 18.0 Å². The smallest absolute Gasteiger partial charge is 0.244 e. The molecule has 2 amide bonds. The van der Waals surface area contributed by atoms with Crippen LogP contribution in [-0.4, -0.2) is 50.0 Å². The zero-order valence-electron chi connectivity index (χ0n) is 24.8. The lowest BCUT2D eigenvalue weighted by Gasteiger charge is -2.57. The number of carbonyl (C=O) groups excluding carboxylic acids is 2. The third-order valence-corrected chi connectivity index (χ3v) is 11.3. The van der Waals surface area contributed by atoms with Crippen molar-refractivity contribution in [2.24, 2.45) is 17.8 Å². The van der Waals surface area contributed by atoms with Crippen LogP contribution in [0, 0.1) is 17.8 Å². The van der Waals surface area contributed by atoms with Gasteiger partial charge in [-0.25, -0.2) is 8.42 Å². The molecule has 0 radical (unpaired) electrons. The number of nitrogens with zero attached hydrogens (tertiary/aromatic N) is 2. The third kappa shape index (κ3) is 6.46. The Labute approximate surface area is 260 Å². The van der Waals surface area contributed by atoms with Gasteiger partial charge in [-0.15, -0.1) is 0 Å². The van der Waals surface area contributed by atoms with Crippen LogP contribution in [0.5, 0.6) is 0 Å². The molecule has 1 atom stereocenters. The summed E-state index contributed by atoms with van der Waals surface area (Å²) < 4.78 is 27.2. The summed E-state index contributed by atoms with van der Waals surface area (Å²) in [5.41, 5.74) is 2.38. The van der Waals surface area contributed by atoms with Crippen LogP contribution >= 0.6 is 23.2 Å². The Bertz CT molecular complexity index is 1390. The minimum Gasteiger partial charge on any atom is -0.352 e. The van der Waals surface area contributed by atoms with Crippen molar-refractivity contribution in [2.45, 2.75) is 83.3 Å². The lowest BCUT2D eigenvalue weighted by Crippen LogP contribution is -2.52. The van der Waals surface area contributed by atoms with Crippen molar-refractivity contribution >= 4 is 50.7 Å². The second-order valence-electron chi connectivity index (χ2n) is 13.1. The molecule has 0 aromatic heterocycles. The van der Waals surface area contributed by atoms with E-state index in [1.165, 1.54) is 49.0 Å². The van der Waals surface area contributed by atoms with Crippen molar-refractivity contribution in [2.75, 3.05) is 17.1 Å². The minimum absolute atomic E-state index is 0.0490. The van der Waals surface area contributed by atoms with Crippen LogP contribution in [-0.2, 0) is 31.6 Å². The first-order chi connectivity index (χ1) is 19.8. The summed E-state index contributed by atoms with van der Waals surface area (Å²) in [5, 5.41) is 3.55. The van der Waals surface area contributed by atoms with Crippen molar-refractivity contribution in [1.29, 1.82) is 0 Å². The van der Waals surface area contributed by atoms with Gasteiger partial charge < -0.3 is 10.2 Å². The molecule has 4 bridgehead atoms. The first-order valence-corrected chi connectivity index (χ1v) is 17.5. The maximum atomic E-state index is 13.9. The highest BCUT2D eigenvalue weighted by Gasteiger charge is 2.51. The summed E-state index contributed by atoms with van der Waals surface area (Å²) in [6, 6.07) is 11.8. The Hall–Kier alpha value is -2.29. The molecule has 4 saturated carbocycles. The molecule has 2 aromatic carbocycles. The molecule has 2 aromatic rings. The molecule has 10 heteroatoms. The molecule has 0 aliphatic heterocycles. The summed E-state index contributed by atoms with van der Waals surface area (Å²) in [4.78, 5) is 28.2. The Morgan fingerprint density at radius 1 is 0.929 bits per heavy atom. The second kappa shape index (κ2) is 12.0. The number of hydrogen-bond acceptors (Lipinski definition) is 4. The molecule has 228 valence electrons. The van der Waals surface area contributed by atoms with Gasteiger partial charge in [-0.3, -0.25) is 13.9 Å². The largest absolute Gasteiger partial charge is 0.352 e. The van der Waals surface area contributed by atoms with E-state index in [-0.39, 0.29) is 23.9 Å². The highest BCUT2D eigenvalue weighted by atomic mass is 35.5. The Kier molecular flexibility index (Phi) is 8.90. The predicted octanol–water partition coefficient (Wildman–Crippen LogP) is 6.17. The van der Waals surface area contributed by atoms with Gasteiger partial charge in [-0.05, 0) is 112 Å². The number of halogens is 2. The SMILES string of the molecule is CC(C)NC(=O)[C@@H](C)N(Cc1c(Cl)cccc1Cl)C(=O)CN(c1ccc(C23CC4CC(CC(C4)C2)C3)cc1)S(C)(=O)=O. The first kappa shape index (κ1) is 31.1. The second-order valence-corrected chi connectivity index (χ2v) is 15.8. The van der Waals surface area contributed by atoms with Crippen molar-refractivity contribution in [3.63, 3.8) is 0 Å². The Morgan fingerprint density at radius 3 is 1.93 bits per heavy atom. The number of rotatable bonds is 10. The topological polar surface area (TPSA) is 86.8 Å². The fourth-order valence-corrected chi connectivity index (χ4v) is 9.27. The molecule has 1 N–H and O–H groups in total. The van der Waals surface area contributed by atoms with Gasteiger partial charge in [0.1, 0.15) is 12.6 Å². The molecule has 0 saturated heterocycles. The number of carbonyl (C=O) groups is 2. The van der Waals surface area contributed by atoms with Crippen molar-refractivity contribution in [1.82, 2.24) is 10.2 Å². The molecule has 4 fully saturated rings. The number of benzene rings is 2. The summed E-state index contributed by atoms with van der Waals surface area (Å²) in [7, 11) is -3.83. The summed E-state index contributed by atoms with van der Waals surface area (Å²) in [6.07, 6.45) is 8.78. The maximum Gasteiger partial charge on any atom is 0.244 e. The molecule has 0 unspecified atom stereocenters. The van der Waals surface area contributed by atoms with E-state index >= 15 is 0 Å². The van der Waals surface area contributed by atoms with Gasteiger partial charge in [0.2, 0.25) is 21.8 Å². The van der Waals surface area contributed by atoms with Gasteiger partial charge >= 0.3 is 0 Å². The van der Waals surface area contributed by atoms with E-state index in [0.717, 1.165) is 28.3 Å². The van der Waals surface area contributed by atoms with Gasteiger partial charge in [-0.1, -0.05) is 41.4 Å². The number of nitrogens with one attached hydrogen (secondary N) is 1. The van der Waals surface area contributed by atoms with Crippen LogP contribution in [0.15, 0.2) is 42.5 Å². The lowest BCUT2D eigenvalue weighted by atomic mass is 9.48. The van der Waals surface area contributed by atoms with Gasteiger partial charge in [0.05, 0.1) is 11.9 Å². The maximum absolute atomic E-state index is 13.9. The molecular weight excluding hydrogens is 593 g/mol. The van der Waals surface area contributed by atoms with E-state index in [1.54, 1.807) is 25.1 Å². The van der Waals surface area contributed by atoms with E-state index in [4.69, 9.17) is 23.2 Å². The normalized spacial score (nSPS) is 25.4. The van der Waals surface area contributed by atoms with Crippen LogP contribution in [0.1, 0.15) is 70.4 Å². The van der Waals surface area contributed by atoms with Crippen LogP contribution in [0.3, 0.4) is 0 Å². The summed E-state index contributed by atoms with van der Waals surface area (Å²) in [5.74, 6) is 1.51. The molecule has 42 heavy (non-hydrogen) atoms. The van der Waals surface area contributed by atoms with Crippen LogP contribution in [0.2, 0.25) is 10.0 Å². The van der Waals surface area contributed by atoms with Crippen molar-refractivity contribution in [3.05, 3.63) is 63.6 Å². The van der Waals surface area contributed by atoms with Crippen molar-refractivity contribution in [3.8, 4) is 0 Å². The molecule has 4 aliphatic rings. The molecule has 0 spiro atoms. The quantitative estimate of drug-likeness (QED) is 0.339. The fraction of sp³-hybridized carbons (Fsp3) is 0.562. The zero-order chi connectivity index (χ0) is 30.4. The highest BCUT2D eigenvalue weighted by molar-refractivity contribution is 7.92. The predicted molar refractivity (Wildman–Crippen MR) is 168 cm³/mol. The van der Waals surface area contributed by atoms with Gasteiger partial charge in [0.25, 0.3) is 0 Å². The molecule has 0 heterocycles. The van der Waals surface area contributed by atoms with E-state index in [1.807, 2.05) is 26.0 Å². The van der Waals surface area contributed by atoms with Gasteiger partial charge in [-0.2, -0.15) is 0 Å². The van der Waals surface area contributed by atoms with E-state index in [2.05, 4.69) is 17.4 Å². The minimum atomic E-state index is -3.83. The third-order valence-electron chi connectivity index (χ3n) is 9.47. The standard InChI is InChI=1S/C32H41Cl2N3O4S/c1-20(2)35-31(39)21(3)36(18-27-28(33)6-5-7-29(27)34)30(38)19-37(42(4,40)41)26-10-8-25(9-11-26)32-15-22-12-23(16-32)14-24(13-22)17-32/h5-11,20-24H,12-19H2,1-4H3,(H,35,39)/t21-,22?,23?,24?,32?/m1/s1. The first-order valence-electron chi connectivity index (χ1n) is 14.9. The molecule has 7 nitrogen and oxygen atoms in total. The lowest BCUT2D eigenvalue weighted by molar-refractivity contribution is -0.139. The Balaban J connectivity index is 1.41. The average molecular weight is 635 g/mol. The van der Waals surface area contributed by atoms with Crippen LogP contribution < -0.4 is 9.62 Å². The molecular formula is C32H41Cl2N3O4S. The van der Waals surface area contributed by atoms with Crippen LogP contribution in [0.4, 0.5) is 5.69 Å². The fourth-order valence-electron chi connectivity index (χ4n) is 7.90. The number of hydrogen-bond donors (Lipinski definition) is 1. The number of sulfonamides is 1. The Morgan fingerprint density at radius 2 is 1.45 bits per heavy atom. The summed E-state index contributed by atoms with van der Waals surface area (Å²) >= 11 is 12.8. The molecule has 6 rings (SSSR count). The van der Waals surface area contributed by atoms with Crippen LogP contribution in [0.25, 0.3) is 0 Å².